The highest BCUT2D eigenvalue weighted by Gasteiger charge is 2.46. The molecule has 3 aromatic rings. The maximum atomic E-state index is 13.5. The lowest BCUT2D eigenvalue weighted by atomic mass is 9.90. The Hall–Kier alpha value is -2.87. The molecule has 1 aliphatic heterocycles. The van der Waals surface area contributed by atoms with E-state index in [2.05, 4.69) is 5.32 Å². The quantitative estimate of drug-likeness (QED) is 0.507. The van der Waals surface area contributed by atoms with Crippen LogP contribution in [0.3, 0.4) is 0 Å². The number of nitrogens with one attached hydrogen (secondary N) is 1. The molecule has 1 amide bonds. The fourth-order valence-corrected chi connectivity index (χ4v) is 5.60. The van der Waals surface area contributed by atoms with Gasteiger partial charge in [0.2, 0.25) is 15.9 Å². The van der Waals surface area contributed by atoms with Gasteiger partial charge in [-0.2, -0.15) is 0 Å². The molecular formula is C24H20Cl2N2O4S. The molecule has 0 saturated carbocycles. The van der Waals surface area contributed by atoms with Crippen molar-refractivity contribution in [2.24, 2.45) is 0 Å². The summed E-state index contributed by atoms with van der Waals surface area (Å²) in [5.41, 5.74) is 1.77. The Kier molecular flexibility index (Phi) is 6.47. The molecule has 1 heterocycles. The molecule has 0 saturated heterocycles. The topological polar surface area (TPSA) is 83.6 Å². The highest BCUT2D eigenvalue weighted by molar-refractivity contribution is 7.94. The predicted molar refractivity (Wildman–Crippen MR) is 130 cm³/mol. The minimum atomic E-state index is -4.10. The van der Waals surface area contributed by atoms with Crippen molar-refractivity contribution in [1.82, 2.24) is 0 Å². The number of nitrogens with zero attached hydrogens (tertiary/aromatic N) is 1. The third-order valence-electron chi connectivity index (χ3n) is 5.57. The molecule has 3 aromatic carbocycles. The van der Waals surface area contributed by atoms with E-state index in [1.54, 1.807) is 72.8 Å². The van der Waals surface area contributed by atoms with Crippen LogP contribution >= 0.6 is 23.2 Å². The van der Waals surface area contributed by atoms with Crippen molar-refractivity contribution in [2.45, 2.75) is 24.6 Å². The van der Waals surface area contributed by atoms with Gasteiger partial charge in [-0.1, -0.05) is 53.5 Å². The first-order valence-corrected chi connectivity index (χ1v) is 12.4. The number of benzene rings is 3. The average Bonchev–Trinajstić information content (AvgIpc) is 2.85. The van der Waals surface area contributed by atoms with Crippen LogP contribution in [0.5, 0.6) is 0 Å². The molecule has 2 atom stereocenters. The summed E-state index contributed by atoms with van der Waals surface area (Å²) in [4.78, 5) is 26.6. The van der Waals surface area contributed by atoms with Crippen molar-refractivity contribution in [3.05, 3.63) is 94.0 Å². The molecule has 170 valence electrons. The van der Waals surface area contributed by atoms with Crippen molar-refractivity contribution in [1.29, 1.82) is 0 Å². The lowest BCUT2D eigenvalue weighted by Crippen LogP contribution is -2.41. The minimum absolute atomic E-state index is 0.000338. The number of carbonyl (C=O) groups is 2. The van der Waals surface area contributed by atoms with Crippen molar-refractivity contribution < 1.29 is 18.0 Å². The molecule has 0 spiro atoms. The molecular weight excluding hydrogens is 483 g/mol. The summed E-state index contributed by atoms with van der Waals surface area (Å²) < 4.78 is 28.1. The van der Waals surface area contributed by atoms with E-state index < -0.39 is 32.9 Å². The minimum Gasteiger partial charge on any atom is -0.325 e. The maximum Gasteiger partial charge on any atom is 0.245 e. The van der Waals surface area contributed by atoms with Crippen LogP contribution in [0.1, 0.15) is 24.0 Å². The summed E-state index contributed by atoms with van der Waals surface area (Å²) in [6.45, 7) is 1.32. The predicted octanol–water partition coefficient (Wildman–Crippen LogP) is 5.02. The Labute approximate surface area is 202 Å². The maximum absolute atomic E-state index is 13.5. The van der Waals surface area contributed by atoms with Gasteiger partial charge in [-0.3, -0.25) is 13.9 Å². The first-order chi connectivity index (χ1) is 15.7. The normalized spacial score (nSPS) is 19.5. The summed E-state index contributed by atoms with van der Waals surface area (Å²) in [5, 5.41) is 2.32. The van der Waals surface area contributed by atoms with E-state index in [1.807, 2.05) is 0 Å². The van der Waals surface area contributed by atoms with Crippen LogP contribution in [0, 0.1) is 0 Å². The Bertz CT molecular complexity index is 1310. The van der Waals surface area contributed by atoms with E-state index in [4.69, 9.17) is 23.2 Å². The molecule has 9 heteroatoms. The number of rotatable bonds is 4. The summed E-state index contributed by atoms with van der Waals surface area (Å²) in [6, 6.07) is 19.8. The number of ketones is 1. The van der Waals surface area contributed by atoms with Gasteiger partial charge in [0.25, 0.3) is 0 Å². The third-order valence-corrected chi connectivity index (χ3v) is 8.14. The monoisotopic (exact) mass is 502 g/mol. The lowest BCUT2D eigenvalue weighted by Gasteiger charge is -2.26. The van der Waals surface area contributed by atoms with Crippen molar-refractivity contribution >= 4 is 56.3 Å². The molecule has 0 radical (unpaired) electrons. The Morgan fingerprint density at radius 1 is 0.939 bits per heavy atom. The van der Waals surface area contributed by atoms with Gasteiger partial charge in [-0.15, -0.1) is 0 Å². The fraction of sp³-hybridized carbons (Fsp3) is 0.167. The number of carbonyl (C=O) groups excluding carboxylic acids is 2. The number of anilines is 2. The van der Waals surface area contributed by atoms with Gasteiger partial charge in [0, 0.05) is 15.7 Å². The summed E-state index contributed by atoms with van der Waals surface area (Å²) in [5.74, 6) is -2.59. The van der Waals surface area contributed by atoms with E-state index in [9.17, 15) is 18.0 Å². The highest BCUT2D eigenvalue weighted by atomic mass is 35.5. The summed E-state index contributed by atoms with van der Waals surface area (Å²) in [7, 11) is -4.10. The van der Waals surface area contributed by atoms with Gasteiger partial charge in [0.15, 0.2) is 5.78 Å². The zero-order chi connectivity index (χ0) is 23.8. The molecule has 2 unspecified atom stereocenters. The number of amides is 1. The molecule has 6 nitrogen and oxygen atoms in total. The zero-order valence-electron chi connectivity index (χ0n) is 17.5. The van der Waals surface area contributed by atoms with E-state index in [-0.39, 0.29) is 6.54 Å². The van der Waals surface area contributed by atoms with Crippen LogP contribution in [-0.4, -0.2) is 25.4 Å². The average molecular weight is 503 g/mol. The van der Waals surface area contributed by atoms with Crippen LogP contribution in [0.2, 0.25) is 10.0 Å². The van der Waals surface area contributed by atoms with Gasteiger partial charge >= 0.3 is 0 Å². The van der Waals surface area contributed by atoms with Crippen molar-refractivity contribution in [2.75, 3.05) is 9.62 Å². The number of fused-ring (bicyclic) bond motifs is 1. The molecule has 0 fully saturated rings. The van der Waals surface area contributed by atoms with Gasteiger partial charge in [0.05, 0.1) is 12.2 Å². The van der Waals surface area contributed by atoms with Crippen molar-refractivity contribution in [3.8, 4) is 0 Å². The molecule has 0 bridgehead atoms. The number of para-hydroxylation sites is 1. The molecule has 0 aromatic heterocycles. The summed E-state index contributed by atoms with van der Waals surface area (Å²) >= 11 is 11.9. The number of hydrogen-bond acceptors (Lipinski definition) is 4. The zero-order valence-corrected chi connectivity index (χ0v) is 19.9. The van der Waals surface area contributed by atoms with E-state index >= 15 is 0 Å². The Balaban J connectivity index is 1.78. The van der Waals surface area contributed by atoms with E-state index in [0.717, 1.165) is 0 Å². The van der Waals surface area contributed by atoms with Crippen LogP contribution in [-0.2, 0) is 26.2 Å². The smallest absolute Gasteiger partial charge is 0.245 e. The van der Waals surface area contributed by atoms with Gasteiger partial charge < -0.3 is 5.32 Å². The van der Waals surface area contributed by atoms with E-state index in [1.165, 1.54) is 11.2 Å². The number of sulfonamides is 1. The van der Waals surface area contributed by atoms with Gasteiger partial charge in [-0.05, 0) is 60.5 Å². The first kappa shape index (κ1) is 23.3. The van der Waals surface area contributed by atoms with E-state index in [0.29, 0.717) is 32.5 Å². The van der Waals surface area contributed by atoms with Crippen LogP contribution in [0.25, 0.3) is 0 Å². The molecule has 0 aliphatic carbocycles. The molecule has 33 heavy (non-hydrogen) atoms. The third kappa shape index (κ3) is 4.62. The van der Waals surface area contributed by atoms with Crippen LogP contribution < -0.4 is 9.62 Å². The number of halogens is 2. The summed E-state index contributed by atoms with van der Waals surface area (Å²) in [6.07, 6.45) is 0. The Morgan fingerprint density at radius 2 is 1.52 bits per heavy atom. The highest BCUT2D eigenvalue weighted by Crippen LogP contribution is 2.38. The van der Waals surface area contributed by atoms with Gasteiger partial charge in [-0.25, -0.2) is 8.42 Å². The number of hydrogen-bond donors (Lipinski definition) is 1. The van der Waals surface area contributed by atoms with Gasteiger partial charge in [0.1, 0.15) is 11.2 Å². The largest absolute Gasteiger partial charge is 0.325 e. The molecule has 1 N–H and O–H groups in total. The Morgan fingerprint density at radius 3 is 2.15 bits per heavy atom. The molecule has 4 rings (SSSR count). The molecule has 1 aliphatic rings. The first-order valence-electron chi connectivity index (χ1n) is 10.1. The standard InChI is InChI=1S/C24H20Cl2N2O4S/c1-15-23(29)22(24(30)27-19-12-10-18(26)11-13-19)20-4-2-3-5-21(20)28(33(15,31)32)14-16-6-8-17(25)9-7-16/h2-13,15,22H,14H2,1H3,(H,27,30). The second-order valence-corrected chi connectivity index (χ2v) is 10.8. The van der Waals surface area contributed by atoms with Crippen LogP contribution in [0.15, 0.2) is 72.8 Å². The second-order valence-electron chi connectivity index (χ2n) is 7.71. The fourth-order valence-electron chi connectivity index (χ4n) is 3.77. The van der Waals surface area contributed by atoms with Crippen molar-refractivity contribution in [3.63, 3.8) is 0 Å². The van der Waals surface area contributed by atoms with Crippen LogP contribution in [0.4, 0.5) is 11.4 Å². The SMILES string of the molecule is CC1C(=O)C(C(=O)Nc2ccc(Cl)cc2)c2ccccc2N(Cc2ccc(Cl)cc2)S1(=O)=O. The number of Topliss-reactive ketones (excluding diaryl/α,β-unsaturated/α-hetero) is 1. The lowest BCUT2D eigenvalue weighted by molar-refractivity contribution is -0.127. The second kappa shape index (κ2) is 9.17.